The molecular formula is C23H24N2O6S2. The number of carbonyl (C=O) groups excluding carboxylic acids is 1. The van der Waals surface area contributed by atoms with Crippen molar-refractivity contribution < 1.29 is 25.8 Å². The lowest BCUT2D eigenvalue weighted by atomic mass is 9.94. The average Bonchev–Trinajstić information content (AvgIpc) is 3.16. The van der Waals surface area contributed by atoms with Crippen molar-refractivity contribution in [3.8, 4) is 5.88 Å². The molecule has 0 saturated heterocycles. The third-order valence-electron chi connectivity index (χ3n) is 5.81. The lowest BCUT2D eigenvalue weighted by Crippen LogP contribution is -2.19. The molecule has 2 aromatic carbocycles. The van der Waals surface area contributed by atoms with Crippen molar-refractivity contribution >= 4 is 25.7 Å². The maximum Gasteiger partial charge on any atom is 0.340 e. The van der Waals surface area contributed by atoms with Crippen LogP contribution >= 0.6 is 0 Å². The second-order valence-electron chi connectivity index (χ2n) is 8.00. The molecule has 0 atom stereocenters. The van der Waals surface area contributed by atoms with Gasteiger partial charge in [0.1, 0.15) is 10.5 Å². The van der Waals surface area contributed by atoms with Gasteiger partial charge in [-0.15, -0.1) is 0 Å². The van der Waals surface area contributed by atoms with Crippen LogP contribution in [-0.4, -0.2) is 38.2 Å². The van der Waals surface area contributed by atoms with E-state index in [4.69, 9.17) is 4.18 Å². The van der Waals surface area contributed by atoms with Gasteiger partial charge in [-0.25, -0.2) is 13.1 Å². The minimum absolute atomic E-state index is 0.00532. The van der Waals surface area contributed by atoms with Crippen molar-refractivity contribution in [3.63, 3.8) is 0 Å². The molecule has 2 heterocycles. The van der Waals surface area contributed by atoms with Crippen LogP contribution in [0.25, 0.3) is 0 Å². The number of sulfone groups is 1. The topological polar surface area (TPSA) is 112 Å². The largest absolute Gasteiger partial charge is 0.358 e. The van der Waals surface area contributed by atoms with Gasteiger partial charge in [-0.05, 0) is 69.0 Å². The highest BCUT2D eigenvalue weighted by Gasteiger charge is 2.30. The predicted octanol–water partition coefficient (Wildman–Crippen LogP) is 3.24. The standard InChI is InChI=1S/C23H24N2O6S2/c1-4-25-23(31-33(29,30)17-9-7-15(2)8-10-17)20(14-24-25)22(26)19-11-12-21-18(16(19)3)6-5-13-32(21,27)28/h7-12,14H,4-6,13H2,1-3H3. The summed E-state index contributed by atoms with van der Waals surface area (Å²) in [7, 11) is -7.57. The second-order valence-corrected chi connectivity index (χ2v) is 11.6. The second kappa shape index (κ2) is 8.42. The molecule has 0 fully saturated rings. The molecule has 8 nitrogen and oxygen atoms in total. The van der Waals surface area contributed by atoms with Gasteiger partial charge < -0.3 is 4.18 Å². The van der Waals surface area contributed by atoms with Gasteiger partial charge in [0.15, 0.2) is 15.6 Å². The Morgan fingerprint density at radius 2 is 1.79 bits per heavy atom. The Bertz CT molecular complexity index is 1450. The third-order valence-corrected chi connectivity index (χ3v) is 8.91. The van der Waals surface area contributed by atoms with Crippen molar-refractivity contribution in [3.05, 3.63) is 70.4 Å². The minimum atomic E-state index is -4.20. The van der Waals surface area contributed by atoms with E-state index in [1.54, 1.807) is 26.0 Å². The number of benzene rings is 2. The molecule has 174 valence electrons. The molecule has 0 bridgehead atoms. The average molecular weight is 489 g/mol. The summed E-state index contributed by atoms with van der Waals surface area (Å²) in [5.41, 5.74) is 2.38. The summed E-state index contributed by atoms with van der Waals surface area (Å²) in [6.07, 6.45) is 2.33. The van der Waals surface area contributed by atoms with Crippen LogP contribution in [0.1, 0.15) is 46.0 Å². The van der Waals surface area contributed by atoms with Crippen molar-refractivity contribution in [1.29, 1.82) is 0 Å². The van der Waals surface area contributed by atoms with Gasteiger partial charge in [-0.1, -0.05) is 17.7 Å². The summed E-state index contributed by atoms with van der Waals surface area (Å²) in [5, 5.41) is 4.12. The molecule has 3 aromatic rings. The molecule has 0 N–H and O–H groups in total. The lowest BCUT2D eigenvalue weighted by molar-refractivity contribution is 0.103. The molecule has 0 amide bonds. The maximum absolute atomic E-state index is 13.5. The van der Waals surface area contributed by atoms with E-state index in [-0.39, 0.29) is 33.5 Å². The molecule has 0 aliphatic carbocycles. The fourth-order valence-corrected chi connectivity index (χ4v) is 6.57. The summed E-state index contributed by atoms with van der Waals surface area (Å²) in [4.78, 5) is 13.7. The molecule has 10 heteroatoms. The zero-order chi connectivity index (χ0) is 24.0. The van der Waals surface area contributed by atoms with Crippen LogP contribution in [0.15, 0.2) is 52.4 Å². The van der Waals surface area contributed by atoms with E-state index in [0.717, 1.165) is 5.56 Å². The molecule has 1 aromatic heterocycles. The van der Waals surface area contributed by atoms with E-state index in [0.29, 0.717) is 29.5 Å². The van der Waals surface area contributed by atoms with Crippen molar-refractivity contribution in [2.75, 3.05) is 5.75 Å². The Labute approximate surface area is 193 Å². The highest BCUT2D eigenvalue weighted by molar-refractivity contribution is 7.91. The zero-order valence-electron chi connectivity index (χ0n) is 18.5. The van der Waals surface area contributed by atoms with Crippen LogP contribution in [0, 0.1) is 13.8 Å². The zero-order valence-corrected chi connectivity index (χ0v) is 20.2. The van der Waals surface area contributed by atoms with E-state index in [1.807, 2.05) is 6.92 Å². The van der Waals surface area contributed by atoms with Crippen molar-refractivity contribution in [1.82, 2.24) is 9.78 Å². The van der Waals surface area contributed by atoms with Gasteiger partial charge in [0, 0.05) is 12.1 Å². The van der Waals surface area contributed by atoms with E-state index < -0.39 is 25.7 Å². The number of hydrogen-bond donors (Lipinski definition) is 0. The molecule has 33 heavy (non-hydrogen) atoms. The Morgan fingerprint density at radius 1 is 1.09 bits per heavy atom. The molecule has 0 spiro atoms. The number of ketones is 1. The number of fused-ring (bicyclic) bond motifs is 1. The smallest absolute Gasteiger partial charge is 0.340 e. The molecule has 1 aliphatic heterocycles. The summed E-state index contributed by atoms with van der Waals surface area (Å²) < 4.78 is 57.3. The molecular weight excluding hydrogens is 464 g/mol. The minimum Gasteiger partial charge on any atom is -0.358 e. The normalized spacial score (nSPS) is 15.1. The van der Waals surface area contributed by atoms with Crippen molar-refractivity contribution in [2.45, 2.75) is 49.9 Å². The van der Waals surface area contributed by atoms with E-state index in [9.17, 15) is 21.6 Å². The van der Waals surface area contributed by atoms with Gasteiger partial charge in [-0.2, -0.15) is 13.5 Å². The first-order chi connectivity index (χ1) is 15.5. The van der Waals surface area contributed by atoms with Crippen LogP contribution in [0.3, 0.4) is 0 Å². The molecule has 0 radical (unpaired) electrons. The Balaban J connectivity index is 1.76. The van der Waals surface area contributed by atoms with Crippen LogP contribution < -0.4 is 4.18 Å². The first-order valence-electron chi connectivity index (χ1n) is 10.5. The van der Waals surface area contributed by atoms with Gasteiger partial charge in [0.05, 0.1) is 16.8 Å². The molecule has 0 saturated carbocycles. The number of nitrogens with zero attached hydrogens (tertiary/aromatic N) is 2. The fraction of sp³-hybridized carbons (Fsp3) is 0.304. The van der Waals surface area contributed by atoms with Gasteiger partial charge >= 0.3 is 10.1 Å². The third kappa shape index (κ3) is 4.20. The van der Waals surface area contributed by atoms with E-state index in [2.05, 4.69) is 5.10 Å². The quantitative estimate of drug-likeness (QED) is 0.387. The maximum atomic E-state index is 13.5. The number of rotatable bonds is 6. The summed E-state index contributed by atoms with van der Waals surface area (Å²) in [6, 6.07) is 9.12. The predicted molar refractivity (Wildman–Crippen MR) is 122 cm³/mol. The summed E-state index contributed by atoms with van der Waals surface area (Å²) in [6.45, 7) is 5.59. The van der Waals surface area contributed by atoms with Crippen molar-refractivity contribution in [2.24, 2.45) is 0 Å². The summed E-state index contributed by atoms with van der Waals surface area (Å²) in [5.74, 6) is -0.565. The first-order valence-corrected chi connectivity index (χ1v) is 13.6. The van der Waals surface area contributed by atoms with Crippen LogP contribution in [0.2, 0.25) is 0 Å². The Morgan fingerprint density at radius 3 is 2.45 bits per heavy atom. The molecule has 1 aliphatic rings. The molecule has 0 unspecified atom stereocenters. The van der Waals surface area contributed by atoms with Gasteiger partial charge in [0.25, 0.3) is 0 Å². The van der Waals surface area contributed by atoms with Gasteiger partial charge in [-0.3, -0.25) is 4.79 Å². The lowest BCUT2D eigenvalue weighted by Gasteiger charge is -2.20. The fourth-order valence-electron chi connectivity index (χ4n) is 3.97. The summed E-state index contributed by atoms with van der Waals surface area (Å²) >= 11 is 0. The molecule has 4 rings (SSSR count). The van der Waals surface area contributed by atoms with Crippen LogP contribution in [0.5, 0.6) is 5.88 Å². The number of aromatic nitrogens is 2. The highest BCUT2D eigenvalue weighted by atomic mass is 32.2. The Hall–Kier alpha value is -2.98. The number of carbonyl (C=O) groups is 1. The SMILES string of the molecule is CCn1ncc(C(=O)c2ccc3c(c2C)CCCS3(=O)=O)c1OS(=O)(=O)c1ccc(C)cc1. The van der Waals surface area contributed by atoms with Gasteiger partial charge in [0.2, 0.25) is 5.88 Å². The van der Waals surface area contributed by atoms with E-state index in [1.165, 1.54) is 35.1 Å². The van der Waals surface area contributed by atoms with E-state index >= 15 is 0 Å². The van der Waals surface area contributed by atoms with Crippen LogP contribution in [-0.2, 0) is 32.9 Å². The Kier molecular flexibility index (Phi) is 5.92. The first kappa shape index (κ1) is 23.2. The monoisotopic (exact) mass is 488 g/mol. The number of hydrogen-bond acceptors (Lipinski definition) is 7. The highest BCUT2D eigenvalue weighted by Crippen LogP contribution is 2.32. The number of aryl methyl sites for hydroxylation is 2. The van der Waals surface area contributed by atoms with Crippen LogP contribution in [0.4, 0.5) is 0 Å².